The van der Waals surface area contributed by atoms with Gasteiger partial charge >= 0.3 is 0 Å². The van der Waals surface area contributed by atoms with E-state index >= 15 is 0 Å². The molecule has 0 aliphatic heterocycles. The number of hydrogen-bond acceptors (Lipinski definition) is 3. The standard InChI is InChI=1S/C11H17NO2.BrH/c13-8-6-12(7-9-14)10-11-4-2-1-3-5-11;/h1-5,13-14H,6-10H2;1H. The summed E-state index contributed by atoms with van der Waals surface area (Å²) in [6.07, 6.45) is 0. The van der Waals surface area contributed by atoms with Gasteiger partial charge in [0.2, 0.25) is 0 Å². The van der Waals surface area contributed by atoms with Crippen LogP contribution in [0.4, 0.5) is 0 Å². The highest BCUT2D eigenvalue weighted by Gasteiger charge is 2.03. The third kappa shape index (κ3) is 5.89. The summed E-state index contributed by atoms with van der Waals surface area (Å²) in [6.45, 7) is 2.26. The Hall–Kier alpha value is -0.420. The van der Waals surface area contributed by atoms with Crippen LogP contribution in [0.15, 0.2) is 30.3 Å². The molecular formula is C11H18BrNO2. The van der Waals surface area contributed by atoms with Crippen LogP contribution < -0.4 is 0 Å². The van der Waals surface area contributed by atoms with Gasteiger partial charge in [0.25, 0.3) is 0 Å². The van der Waals surface area contributed by atoms with Crippen molar-refractivity contribution in [3.8, 4) is 0 Å². The van der Waals surface area contributed by atoms with Gasteiger partial charge in [0.15, 0.2) is 0 Å². The number of aliphatic hydroxyl groups is 2. The summed E-state index contributed by atoms with van der Waals surface area (Å²) in [5.41, 5.74) is 1.20. The van der Waals surface area contributed by atoms with Crippen LogP contribution in [-0.2, 0) is 6.54 Å². The SMILES string of the molecule is Br.OCCN(CCO)Cc1ccccc1. The van der Waals surface area contributed by atoms with Gasteiger partial charge in [-0.05, 0) is 5.56 Å². The molecule has 0 bridgehead atoms. The second-order valence-electron chi connectivity index (χ2n) is 3.21. The largest absolute Gasteiger partial charge is 0.395 e. The van der Waals surface area contributed by atoms with Crippen LogP contribution in [0.3, 0.4) is 0 Å². The van der Waals surface area contributed by atoms with E-state index < -0.39 is 0 Å². The molecule has 1 aromatic rings. The van der Waals surface area contributed by atoms with Gasteiger partial charge in [-0.1, -0.05) is 30.3 Å². The molecule has 4 heteroatoms. The van der Waals surface area contributed by atoms with Crippen molar-refractivity contribution in [2.75, 3.05) is 26.3 Å². The summed E-state index contributed by atoms with van der Waals surface area (Å²) in [7, 11) is 0. The van der Waals surface area contributed by atoms with E-state index in [4.69, 9.17) is 10.2 Å². The second kappa shape index (κ2) is 8.85. The Morgan fingerprint density at radius 3 is 1.93 bits per heavy atom. The topological polar surface area (TPSA) is 43.7 Å². The monoisotopic (exact) mass is 275 g/mol. The zero-order valence-electron chi connectivity index (χ0n) is 8.67. The number of benzene rings is 1. The van der Waals surface area contributed by atoms with Crippen molar-refractivity contribution in [2.45, 2.75) is 6.54 Å². The Morgan fingerprint density at radius 2 is 1.47 bits per heavy atom. The zero-order chi connectivity index (χ0) is 10.2. The lowest BCUT2D eigenvalue weighted by Gasteiger charge is -2.19. The van der Waals surface area contributed by atoms with E-state index in [-0.39, 0.29) is 30.2 Å². The Labute approximate surface area is 101 Å². The third-order valence-electron chi connectivity index (χ3n) is 2.08. The zero-order valence-corrected chi connectivity index (χ0v) is 10.4. The maximum Gasteiger partial charge on any atom is 0.0558 e. The number of hydrogen-bond donors (Lipinski definition) is 2. The number of rotatable bonds is 6. The van der Waals surface area contributed by atoms with Crippen LogP contribution in [-0.4, -0.2) is 41.4 Å². The van der Waals surface area contributed by atoms with Gasteiger partial charge in [0.1, 0.15) is 0 Å². The van der Waals surface area contributed by atoms with Crippen molar-refractivity contribution in [1.82, 2.24) is 4.90 Å². The molecule has 0 spiro atoms. The molecule has 0 aromatic heterocycles. The fraction of sp³-hybridized carbons (Fsp3) is 0.455. The Bertz CT molecular complexity index is 238. The maximum atomic E-state index is 8.82. The van der Waals surface area contributed by atoms with E-state index in [9.17, 15) is 0 Å². The van der Waals surface area contributed by atoms with Crippen molar-refractivity contribution in [3.63, 3.8) is 0 Å². The average Bonchev–Trinajstić information content (AvgIpc) is 2.20. The van der Waals surface area contributed by atoms with Crippen molar-refractivity contribution < 1.29 is 10.2 Å². The normalized spacial score (nSPS) is 10.1. The minimum atomic E-state index is 0. The number of halogens is 1. The van der Waals surface area contributed by atoms with Crippen LogP contribution >= 0.6 is 17.0 Å². The number of nitrogens with zero attached hydrogens (tertiary/aromatic N) is 1. The van der Waals surface area contributed by atoms with Crippen LogP contribution in [0.1, 0.15) is 5.56 Å². The highest BCUT2D eigenvalue weighted by molar-refractivity contribution is 8.93. The Balaban J connectivity index is 0.00000196. The minimum absolute atomic E-state index is 0. The Kier molecular flexibility index (Phi) is 8.61. The second-order valence-corrected chi connectivity index (χ2v) is 3.21. The molecule has 0 radical (unpaired) electrons. The Morgan fingerprint density at radius 1 is 0.933 bits per heavy atom. The van der Waals surface area contributed by atoms with Crippen molar-refractivity contribution in [3.05, 3.63) is 35.9 Å². The van der Waals surface area contributed by atoms with Gasteiger partial charge in [-0.15, -0.1) is 17.0 Å². The fourth-order valence-corrected chi connectivity index (χ4v) is 1.39. The highest BCUT2D eigenvalue weighted by atomic mass is 79.9. The molecular weight excluding hydrogens is 258 g/mol. The molecule has 1 aromatic carbocycles. The molecule has 0 aliphatic carbocycles. The minimum Gasteiger partial charge on any atom is -0.395 e. The van der Waals surface area contributed by atoms with Crippen LogP contribution in [0, 0.1) is 0 Å². The van der Waals surface area contributed by atoms with Gasteiger partial charge in [0, 0.05) is 19.6 Å². The molecule has 15 heavy (non-hydrogen) atoms. The van der Waals surface area contributed by atoms with E-state index in [1.165, 1.54) is 5.56 Å². The van der Waals surface area contributed by atoms with Crippen LogP contribution in [0.2, 0.25) is 0 Å². The molecule has 0 saturated carbocycles. The van der Waals surface area contributed by atoms with Crippen LogP contribution in [0.5, 0.6) is 0 Å². The van der Waals surface area contributed by atoms with Gasteiger partial charge in [-0.2, -0.15) is 0 Å². The predicted octanol–water partition coefficient (Wildman–Crippen LogP) is 1.05. The molecule has 0 amide bonds. The first-order chi connectivity index (χ1) is 6.86. The van der Waals surface area contributed by atoms with Gasteiger partial charge in [-0.25, -0.2) is 0 Å². The summed E-state index contributed by atoms with van der Waals surface area (Å²) < 4.78 is 0. The van der Waals surface area contributed by atoms with E-state index in [2.05, 4.69) is 0 Å². The van der Waals surface area contributed by atoms with E-state index in [0.29, 0.717) is 13.1 Å². The molecule has 0 unspecified atom stereocenters. The summed E-state index contributed by atoms with van der Waals surface area (Å²) in [4.78, 5) is 2.02. The molecule has 2 N–H and O–H groups in total. The average molecular weight is 276 g/mol. The number of aliphatic hydroxyl groups excluding tert-OH is 2. The first-order valence-electron chi connectivity index (χ1n) is 4.85. The molecule has 0 atom stereocenters. The summed E-state index contributed by atoms with van der Waals surface area (Å²) in [5, 5.41) is 17.6. The third-order valence-corrected chi connectivity index (χ3v) is 2.08. The molecule has 1 rings (SSSR count). The summed E-state index contributed by atoms with van der Waals surface area (Å²) in [6, 6.07) is 10.0. The van der Waals surface area contributed by atoms with E-state index in [1.807, 2.05) is 35.2 Å². The molecule has 0 aliphatic rings. The summed E-state index contributed by atoms with van der Waals surface area (Å²) >= 11 is 0. The first-order valence-corrected chi connectivity index (χ1v) is 4.85. The molecule has 0 fully saturated rings. The highest BCUT2D eigenvalue weighted by Crippen LogP contribution is 2.03. The van der Waals surface area contributed by atoms with E-state index in [1.54, 1.807) is 0 Å². The molecule has 0 saturated heterocycles. The van der Waals surface area contributed by atoms with Crippen molar-refractivity contribution >= 4 is 17.0 Å². The van der Waals surface area contributed by atoms with E-state index in [0.717, 1.165) is 6.54 Å². The lowest BCUT2D eigenvalue weighted by Crippen LogP contribution is -2.29. The molecule has 3 nitrogen and oxygen atoms in total. The predicted molar refractivity (Wildman–Crippen MR) is 66.2 cm³/mol. The van der Waals surface area contributed by atoms with Crippen LogP contribution in [0.25, 0.3) is 0 Å². The first kappa shape index (κ1) is 14.6. The smallest absolute Gasteiger partial charge is 0.0558 e. The van der Waals surface area contributed by atoms with Gasteiger partial charge in [0.05, 0.1) is 13.2 Å². The maximum absolute atomic E-state index is 8.82. The molecule has 86 valence electrons. The fourth-order valence-electron chi connectivity index (χ4n) is 1.39. The lowest BCUT2D eigenvalue weighted by molar-refractivity contribution is 0.156. The van der Waals surface area contributed by atoms with Crippen molar-refractivity contribution in [2.24, 2.45) is 0 Å². The lowest BCUT2D eigenvalue weighted by atomic mass is 10.2. The van der Waals surface area contributed by atoms with Crippen molar-refractivity contribution in [1.29, 1.82) is 0 Å². The quantitative estimate of drug-likeness (QED) is 0.816. The van der Waals surface area contributed by atoms with Gasteiger partial charge in [-0.3, -0.25) is 4.90 Å². The van der Waals surface area contributed by atoms with Gasteiger partial charge < -0.3 is 10.2 Å². The summed E-state index contributed by atoms with van der Waals surface area (Å²) in [5.74, 6) is 0. The molecule has 0 heterocycles.